The summed E-state index contributed by atoms with van der Waals surface area (Å²) in [5.41, 5.74) is 7.03. The van der Waals surface area contributed by atoms with Gasteiger partial charge in [-0.05, 0) is 29.8 Å². The average molecular weight is 329 g/mol. The van der Waals surface area contributed by atoms with Crippen LogP contribution < -0.4 is 5.73 Å². The molecule has 2 aromatic carbocycles. The number of nitrogens with zero attached hydrogens (tertiary/aromatic N) is 1. The van der Waals surface area contributed by atoms with Crippen molar-refractivity contribution in [3.05, 3.63) is 62.1 Å². The van der Waals surface area contributed by atoms with E-state index in [1.54, 1.807) is 18.2 Å². The first-order valence-corrected chi connectivity index (χ1v) is 7.32. The molecule has 0 bridgehead atoms. The monoisotopic (exact) mass is 328 g/mol. The second kappa shape index (κ2) is 6.35. The summed E-state index contributed by atoms with van der Waals surface area (Å²) in [4.78, 5) is 11.0. The third kappa shape index (κ3) is 3.56. The van der Waals surface area contributed by atoms with Gasteiger partial charge in [-0.25, -0.2) is 0 Å². The van der Waals surface area contributed by atoms with Crippen molar-refractivity contribution >= 4 is 46.3 Å². The molecule has 0 aliphatic heterocycles. The van der Waals surface area contributed by atoms with Crippen LogP contribution >= 0.6 is 35.0 Å². The molecule has 0 fully saturated rings. The van der Waals surface area contributed by atoms with E-state index in [9.17, 15) is 10.1 Å². The number of non-ortho nitro benzene ring substituents is 1. The largest absolute Gasteiger partial charge is 0.399 e. The minimum Gasteiger partial charge on any atom is -0.399 e. The number of hydrogen-bond acceptors (Lipinski definition) is 4. The maximum atomic E-state index is 10.6. The number of rotatable bonds is 4. The van der Waals surface area contributed by atoms with Gasteiger partial charge >= 0.3 is 0 Å². The molecule has 0 saturated heterocycles. The Hall–Kier alpha value is -1.43. The molecular weight excluding hydrogens is 319 g/mol. The fourth-order valence-electron chi connectivity index (χ4n) is 1.56. The van der Waals surface area contributed by atoms with E-state index in [0.29, 0.717) is 21.5 Å². The Labute approximate surface area is 130 Å². The molecule has 20 heavy (non-hydrogen) atoms. The van der Waals surface area contributed by atoms with Crippen molar-refractivity contribution in [2.75, 3.05) is 5.73 Å². The van der Waals surface area contributed by atoms with Gasteiger partial charge in [0.05, 0.1) is 15.0 Å². The van der Waals surface area contributed by atoms with E-state index in [4.69, 9.17) is 28.9 Å². The van der Waals surface area contributed by atoms with E-state index in [1.807, 2.05) is 6.07 Å². The van der Waals surface area contributed by atoms with Crippen LogP contribution in [-0.4, -0.2) is 4.92 Å². The second-order valence-electron chi connectivity index (χ2n) is 4.01. The molecule has 4 nitrogen and oxygen atoms in total. The van der Waals surface area contributed by atoms with E-state index in [0.717, 1.165) is 10.5 Å². The fraction of sp³-hybridized carbons (Fsp3) is 0.0769. The molecule has 0 unspecified atom stereocenters. The zero-order chi connectivity index (χ0) is 14.7. The van der Waals surface area contributed by atoms with Crippen LogP contribution in [0.15, 0.2) is 41.3 Å². The molecule has 2 rings (SSSR count). The van der Waals surface area contributed by atoms with Gasteiger partial charge in [-0.15, -0.1) is 11.8 Å². The summed E-state index contributed by atoms with van der Waals surface area (Å²) in [6, 6.07) is 9.72. The summed E-state index contributed by atoms with van der Waals surface area (Å²) < 4.78 is 0. The SMILES string of the molecule is Nc1ccc(SCc2ccc([N+](=O)[O-])cc2Cl)c(Cl)c1. The number of halogens is 2. The van der Waals surface area contributed by atoms with Gasteiger partial charge < -0.3 is 5.73 Å². The zero-order valence-corrected chi connectivity index (χ0v) is 12.5. The number of thioether (sulfide) groups is 1. The molecule has 104 valence electrons. The van der Waals surface area contributed by atoms with Gasteiger partial charge in [0.15, 0.2) is 0 Å². The van der Waals surface area contributed by atoms with Crippen molar-refractivity contribution in [2.24, 2.45) is 0 Å². The molecule has 0 atom stereocenters. The normalized spacial score (nSPS) is 10.5. The highest BCUT2D eigenvalue weighted by molar-refractivity contribution is 7.98. The van der Waals surface area contributed by atoms with Crippen molar-refractivity contribution in [3.8, 4) is 0 Å². The van der Waals surface area contributed by atoms with Crippen LogP contribution in [0.5, 0.6) is 0 Å². The molecule has 7 heteroatoms. The Bertz CT molecular complexity index is 665. The molecule has 0 aliphatic carbocycles. The predicted molar refractivity (Wildman–Crippen MR) is 83.5 cm³/mol. The standard InChI is InChI=1S/C13H10Cl2N2O2S/c14-11-6-10(17(18)19)3-1-8(11)7-20-13-4-2-9(16)5-12(13)15/h1-6H,7,16H2. The summed E-state index contributed by atoms with van der Waals surface area (Å²) in [5, 5.41) is 11.6. The van der Waals surface area contributed by atoms with E-state index in [-0.39, 0.29) is 5.69 Å². The molecule has 2 aromatic rings. The lowest BCUT2D eigenvalue weighted by molar-refractivity contribution is -0.384. The Morgan fingerprint density at radius 3 is 2.50 bits per heavy atom. The molecule has 0 heterocycles. The van der Waals surface area contributed by atoms with Crippen molar-refractivity contribution in [3.63, 3.8) is 0 Å². The molecule has 0 spiro atoms. The van der Waals surface area contributed by atoms with Gasteiger partial charge in [0.25, 0.3) is 5.69 Å². The average Bonchev–Trinajstić information content (AvgIpc) is 2.38. The number of nitro groups is 1. The summed E-state index contributed by atoms with van der Waals surface area (Å²) in [7, 11) is 0. The molecular formula is C13H10Cl2N2O2S. The maximum Gasteiger partial charge on any atom is 0.270 e. The van der Waals surface area contributed by atoms with E-state index in [2.05, 4.69) is 0 Å². The van der Waals surface area contributed by atoms with Crippen LogP contribution in [0, 0.1) is 10.1 Å². The second-order valence-corrected chi connectivity index (χ2v) is 5.84. The van der Waals surface area contributed by atoms with Crippen LogP contribution in [0.3, 0.4) is 0 Å². The quantitative estimate of drug-likeness (QED) is 0.379. The molecule has 0 saturated carbocycles. The number of nitrogen functional groups attached to an aromatic ring is 1. The molecule has 2 N–H and O–H groups in total. The number of hydrogen-bond donors (Lipinski definition) is 1. The third-order valence-corrected chi connectivity index (χ3v) is 4.49. The van der Waals surface area contributed by atoms with Gasteiger partial charge in [0, 0.05) is 28.5 Å². The highest BCUT2D eigenvalue weighted by atomic mass is 35.5. The fourth-order valence-corrected chi connectivity index (χ4v) is 3.15. The zero-order valence-electron chi connectivity index (χ0n) is 10.2. The Kier molecular flexibility index (Phi) is 4.75. The van der Waals surface area contributed by atoms with Crippen LogP contribution in [0.2, 0.25) is 10.0 Å². The number of anilines is 1. The minimum atomic E-state index is -0.473. The topological polar surface area (TPSA) is 69.2 Å². The summed E-state index contributed by atoms with van der Waals surface area (Å²) >= 11 is 13.6. The minimum absolute atomic E-state index is 0.0192. The third-order valence-electron chi connectivity index (χ3n) is 2.59. The van der Waals surface area contributed by atoms with E-state index in [1.165, 1.54) is 23.9 Å². The first-order valence-electron chi connectivity index (χ1n) is 5.58. The molecule has 0 radical (unpaired) electrons. The van der Waals surface area contributed by atoms with Gasteiger partial charge in [0.2, 0.25) is 0 Å². The van der Waals surface area contributed by atoms with E-state index < -0.39 is 4.92 Å². The lowest BCUT2D eigenvalue weighted by Gasteiger charge is -2.06. The van der Waals surface area contributed by atoms with Crippen molar-refractivity contribution < 1.29 is 4.92 Å². The van der Waals surface area contributed by atoms with Crippen molar-refractivity contribution in [1.29, 1.82) is 0 Å². The summed E-state index contributed by atoms with van der Waals surface area (Å²) in [6.45, 7) is 0. The first kappa shape index (κ1) is 15.0. The van der Waals surface area contributed by atoms with Crippen LogP contribution in [-0.2, 0) is 5.75 Å². The number of nitro benzene ring substituents is 1. The molecule has 0 aliphatic rings. The lowest BCUT2D eigenvalue weighted by atomic mass is 10.2. The number of nitrogens with two attached hydrogens (primary N) is 1. The Morgan fingerprint density at radius 2 is 1.90 bits per heavy atom. The smallest absolute Gasteiger partial charge is 0.270 e. The highest BCUT2D eigenvalue weighted by Gasteiger charge is 2.10. The van der Waals surface area contributed by atoms with Gasteiger partial charge in [-0.2, -0.15) is 0 Å². The van der Waals surface area contributed by atoms with Crippen LogP contribution in [0.25, 0.3) is 0 Å². The first-order chi connectivity index (χ1) is 9.47. The summed E-state index contributed by atoms with van der Waals surface area (Å²) in [5.74, 6) is 0.570. The van der Waals surface area contributed by atoms with Gasteiger partial charge in [0.1, 0.15) is 0 Å². The van der Waals surface area contributed by atoms with Crippen LogP contribution in [0.4, 0.5) is 11.4 Å². The van der Waals surface area contributed by atoms with Gasteiger partial charge in [-0.3, -0.25) is 10.1 Å². The Balaban J connectivity index is 2.13. The highest BCUT2D eigenvalue weighted by Crippen LogP contribution is 2.33. The predicted octanol–water partition coefficient (Wildman–Crippen LogP) is 4.78. The summed E-state index contributed by atoms with van der Waals surface area (Å²) in [6.07, 6.45) is 0. The van der Waals surface area contributed by atoms with Gasteiger partial charge in [-0.1, -0.05) is 23.2 Å². The van der Waals surface area contributed by atoms with Crippen molar-refractivity contribution in [1.82, 2.24) is 0 Å². The van der Waals surface area contributed by atoms with Crippen LogP contribution in [0.1, 0.15) is 5.56 Å². The maximum absolute atomic E-state index is 10.6. The van der Waals surface area contributed by atoms with E-state index >= 15 is 0 Å². The molecule has 0 aromatic heterocycles. The molecule has 0 amide bonds. The number of benzene rings is 2. The lowest BCUT2D eigenvalue weighted by Crippen LogP contribution is -1.90. The van der Waals surface area contributed by atoms with Crippen molar-refractivity contribution in [2.45, 2.75) is 10.6 Å². The Morgan fingerprint density at radius 1 is 1.15 bits per heavy atom.